The molecule has 112 valence electrons. The number of piperidine rings is 1. The van der Waals surface area contributed by atoms with Crippen LogP contribution in [0.25, 0.3) is 0 Å². The summed E-state index contributed by atoms with van der Waals surface area (Å²) < 4.78 is 0. The van der Waals surface area contributed by atoms with Crippen LogP contribution in [0.5, 0.6) is 0 Å². The first-order valence-electron chi connectivity index (χ1n) is 8.27. The van der Waals surface area contributed by atoms with Crippen LogP contribution >= 0.6 is 0 Å². The zero-order chi connectivity index (χ0) is 14.0. The molecule has 2 aliphatic heterocycles. The number of hydrogen-bond acceptors (Lipinski definition) is 2. The largest absolute Gasteiger partial charge is 0.344 e. The van der Waals surface area contributed by atoms with Crippen LogP contribution in [0.2, 0.25) is 0 Å². The maximum Gasteiger partial charge on any atom is 0.245 e. The predicted octanol–water partition coefficient (Wildman–Crippen LogP) is 2.23. The first-order valence-corrected chi connectivity index (χ1v) is 8.27. The van der Waals surface area contributed by atoms with Crippen LogP contribution in [0, 0.1) is 5.41 Å². The van der Waals surface area contributed by atoms with E-state index in [1.807, 2.05) is 4.90 Å². The number of hydrogen-bond donors (Lipinski definition) is 1. The standard InChI is InChI=1S/C16H26N2O2/c19-14-7-6-13(17-14)15(20)18-11-5-10-16(12-18)8-3-1-2-4-9-16/h13H,1-12H2,(H,17,19). The molecule has 0 aromatic carbocycles. The fourth-order valence-electron chi connectivity index (χ4n) is 4.30. The van der Waals surface area contributed by atoms with Crippen LogP contribution < -0.4 is 5.32 Å². The highest BCUT2D eigenvalue weighted by molar-refractivity contribution is 5.90. The van der Waals surface area contributed by atoms with E-state index >= 15 is 0 Å². The number of nitrogens with one attached hydrogen (secondary N) is 1. The minimum atomic E-state index is -0.247. The van der Waals surface area contributed by atoms with Gasteiger partial charge in [0, 0.05) is 19.5 Å². The lowest BCUT2D eigenvalue weighted by Crippen LogP contribution is -2.51. The normalized spacial score (nSPS) is 30.1. The predicted molar refractivity (Wildman–Crippen MR) is 77.1 cm³/mol. The van der Waals surface area contributed by atoms with Crippen LogP contribution in [0.4, 0.5) is 0 Å². The number of carbonyl (C=O) groups excluding carboxylic acids is 2. The van der Waals surface area contributed by atoms with Crippen molar-refractivity contribution in [2.75, 3.05) is 13.1 Å². The van der Waals surface area contributed by atoms with Gasteiger partial charge in [-0.3, -0.25) is 9.59 Å². The van der Waals surface area contributed by atoms with E-state index < -0.39 is 0 Å². The lowest BCUT2D eigenvalue weighted by molar-refractivity contribution is -0.138. The number of amides is 2. The summed E-state index contributed by atoms with van der Waals surface area (Å²) in [5.41, 5.74) is 0.382. The molecular formula is C16H26N2O2. The molecule has 0 aromatic rings. The maximum absolute atomic E-state index is 12.6. The molecule has 2 amide bonds. The van der Waals surface area contributed by atoms with Crippen molar-refractivity contribution in [1.82, 2.24) is 10.2 Å². The highest BCUT2D eigenvalue weighted by Gasteiger charge is 2.39. The molecule has 1 N–H and O–H groups in total. The van der Waals surface area contributed by atoms with Gasteiger partial charge in [0.25, 0.3) is 0 Å². The van der Waals surface area contributed by atoms with Crippen LogP contribution in [0.15, 0.2) is 0 Å². The van der Waals surface area contributed by atoms with Crippen molar-refractivity contribution in [1.29, 1.82) is 0 Å². The number of carbonyl (C=O) groups is 2. The summed E-state index contributed by atoms with van der Waals surface area (Å²) in [6.07, 6.45) is 11.5. The van der Waals surface area contributed by atoms with Crippen molar-refractivity contribution in [3.05, 3.63) is 0 Å². The third-order valence-corrected chi connectivity index (χ3v) is 5.43. The number of nitrogens with zero attached hydrogens (tertiary/aromatic N) is 1. The van der Waals surface area contributed by atoms with E-state index in [2.05, 4.69) is 5.32 Å². The van der Waals surface area contributed by atoms with E-state index in [0.717, 1.165) is 19.5 Å². The third kappa shape index (κ3) is 2.84. The van der Waals surface area contributed by atoms with Crippen LogP contribution in [-0.4, -0.2) is 35.8 Å². The van der Waals surface area contributed by atoms with E-state index in [-0.39, 0.29) is 17.9 Å². The second-order valence-corrected chi connectivity index (χ2v) is 6.94. The Morgan fingerprint density at radius 1 is 1.10 bits per heavy atom. The second kappa shape index (κ2) is 5.74. The van der Waals surface area contributed by atoms with Gasteiger partial charge in [0.05, 0.1) is 0 Å². The van der Waals surface area contributed by atoms with Gasteiger partial charge in [-0.2, -0.15) is 0 Å². The second-order valence-electron chi connectivity index (χ2n) is 6.94. The molecule has 3 rings (SSSR count). The average Bonchev–Trinajstić information content (AvgIpc) is 2.77. The topological polar surface area (TPSA) is 49.4 Å². The molecule has 0 bridgehead atoms. The summed E-state index contributed by atoms with van der Waals surface area (Å²) in [5, 5.41) is 2.82. The van der Waals surface area contributed by atoms with Gasteiger partial charge in [-0.05, 0) is 37.5 Å². The van der Waals surface area contributed by atoms with Crippen molar-refractivity contribution in [2.24, 2.45) is 5.41 Å². The fourth-order valence-corrected chi connectivity index (χ4v) is 4.30. The summed E-state index contributed by atoms with van der Waals surface area (Å²) in [5.74, 6) is 0.198. The van der Waals surface area contributed by atoms with Crippen LogP contribution in [-0.2, 0) is 9.59 Å². The van der Waals surface area contributed by atoms with Gasteiger partial charge < -0.3 is 10.2 Å². The Morgan fingerprint density at radius 2 is 1.80 bits per heavy atom. The molecule has 4 heteroatoms. The van der Waals surface area contributed by atoms with Crippen LogP contribution in [0.3, 0.4) is 0 Å². The zero-order valence-electron chi connectivity index (χ0n) is 12.3. The first kappa shape index (κ1) is 13.9. The van der Waals surface area contributed by atoms with Crippen molar-refractivity contribution < 1.29 is 9.59 Å². The number of likely N-dealkylation sites (tertiary alicyclic amines) is 1. The van der Waals surface area contributed by atoms with Crippen molar-refractivity contribution in [3.63, 3.8) is 0 Å². The Hall–Kier alpha value is -1.06. The molecule has 4 nitrogen and oxygen atoms in total. The van der Waals surface area contributed by atoms with Crippen molar-refractivity contribution >= 4 is 11.8 Å². The molecular weight excluding hydrogens is 252 g/mol. The summed E-state index contributed by atoms with van der Waals surface area (Å²) in [6, 6.07) is -0.247. The molecule has 3 fully saturated rings. The van der Waals surface area contributed by atoms with Gasteiger partial charge >= 0.3 is 0 Å². The Labute approximate surface area is 121 Å². The lowest BCUT2D eigenvalue weighted by atomic mass is 9.74. The monoisotopic (exact) mass is 278 g/mol. The molecule has 20 heavy (non-hydrogen) atoms. The summed E-state index contributed by atoms with van der Waals surface area (Å²) in [4.78, 5) is 25.9. The maximum atomic E-state index is 12.6. The molecule has 1 aliphatic carbocycles. The summed E-state index contributed by atoms with van der Waals surface area (Å²) in [6.45, 7) is 1.81. The third-order valence-electron chi connectivity index (χ3n) is 5.43. The van der Waals surface area contributed by atoms with E-state index in [0.29, 0.717) is 18.3 Å². The van der Waals surface area contributed by atoms with Gasteiger partial charge in [-0.1, -0.05) is 25.7 Å². The molecule has 3 aliphatic rings. The summed E-state index contributed by atoms with van der Waals surface area (Å²) >= 11 is 0. The van der Waals surface area contributed by atoms with Crippen LogP contribution in [0.1, 0.15) is 64.2 Å². The van der Waals surface area contributed by atoms with Gasteiger partial charge in [-0.15, -0.1) is 0 Å². The smallest absolute Gasteiger partial charge is 0.245 e. The molecule has 1 saturated carbocycles. The van der Waals surface area contributed by atoms with E-state index in [9.17, 15) is 9.59 Å². The molecule has 1 atom stereocenters. The quantitative estimate of drug-likeness (QED) is 0.799. The van der Waals surface area contributed by atoms with Gasteiger partial charge in [0.1, 0.15) is 6.04 Å². The minimum Gasteiger partial charge on any atom is -0.344 e. The fraction of sp³-hybridized carbons (Fsp3) is 0.875. The van der Waals surface area contributed by atoms with Crippen molar-refractivity contribution in [3.8, 4) is 0 Å². The van der Waals surface area contributed by atoms with Gasteiger partial charge in [-0.25, -0.2) is 0 Å². The van der Waals surface area contributed by atoms with Gasteiger partial charge in [0.15, 0.2) is 0 Å². The van der Waals surface area contributed by atoms with E-state index in [4.69, 9.17) is 0 Å². The average molecular weight is 278 g/mol. The SMILES string of the molecule is O=C1CCC(C(=O)N2CCCC3(CCCCCC3)C2)N1. The Morgan fingerprint density at radius 3 is 2.45 bits per heavy atom. The lowest BCUT2D eigenvalue weighted by Gasteiger charge is -2.43. The van der Waals surface area contributed by atoms with Crippen molar-refractivity contribution in [2.45, 2.75) is 70.3 Å². The molecule has 0 radical (unpaired) electrons. The summed E-state index contributed by atoms with van der Waals surface area (Å²) in [7, 11) is 0. The minimum absolute atomic E-state index is 0.0320. The van der Waals surface area contributed by atoms with Gasteiger partial charge in [0.2, 0.25) is 11.8 Å². The molecule has 1 spiro atoms. The molecule has 2 saturated heterocycles. The highest BCUT2D eigenvalue weighted by atomic mass is 16.2. The Balaban J connectivity index is 1.65. The molecule has 2 heterocycles. The Kier molecular flexibility index (Phi) is 3.99. The Bertz CT molecular complexity index is 386. The zero-order valence-corrected chi connectivity index (χ0v) is 12.3. The molecule has 1 unspecified atom stereocenters. The number of rotatable bonds is 1. The molecule has 0 aromatic heterocycles. The van der Waals surface area contributed by atoms with E-state index in [1.54, 1.807) is 0 Å². The highest BCUT2D eigenvalue weighted by Crippen LogP contribution is 2.42. The first-order chi connectivity index (χ1) is 9.69. The van der Waals surface area contributed by atoms with E-state index in [1.165, 1.54) is 44.9 Å².